The van der Waals surface area contributed by atoms with Crippen LogP contribution in [0.15, 0.2) is 30.3 Å². The Morgan fingerprint density at radius 3 is 2.67 bits per heavy atom. The molecule has 2 aliphatic carbocycles. The second-order valence-corrected chi connectivity index (χ2v) is 5.78. The lowest BCUT2D eigenvalue weighted by molar-refractivity contribution is -0.122. The van der Waals surface area contributed by atoms with E-state index in [4.69, 9.17) is 4.74 Å². The molecule has 0 amide bonds. The van der Waals surface area contributed by atoms with E-state index in [0.29, 0.717) is 5.92 Å². The SMILES string of the molecule is O=C(COc1ccccc1)CC1CC2CCC1C2. The molecule has 1 aromatic carbocycles. The van der Waals surface area contributed by atoms with Gasteiger partial charge in [0.2, 0.25) is 0 Å². The van der Waals surface area contributed by atoms with Crippen molar-refractivity contribution in [2.24, 2.45) is 17.8 Å². The van der Waals surface area contributed by atoms with Gasteiger partial charge in [-0.2, -0.15) is 0 Å². The average molecular weight is 244 g/mol. The van der Waals surface area contributed by atoms with E-state index in [1.807, 2.05) is 30.3 Å². The van der Waals surface area contributed by atoms with Crippen molar-refractivity contribution in [1.82, 2.24) is 0 Å². The molecule has 3 rings (SSSR count). The van der Waals surface area contributed by atoms with Gasteiger partial charge in [0, 0.05) is 6.42 Å². The van der Waals surface area contributed by atoms with Crippen LogP contribution in [0.4, 0.5) is 0 Å². The van der Waals surface area contributed by atoms with Gasteiger partial charge in [-0.1, -0.05) is 24.6 Å². The highest BCUT2D eigenvalue weighted by Crippen LogP contribution is 2.49. The van der Waals surface area contributed by atoms with Gasteiger partial charge < -0.3 is 4.74 Å². The van der Waals surface area contributed by atoms with Crippen LogP contribution in [0.2, 0.25) is 0 Å². The van der Waals surface area contributed by atoms with E-state index in [9.17, 15) is 4.79 Å². The van der Waals surface area contributed by atoms with E-state index in [2.05, 4.69) is 0 Å². The van der Waals surface area contributed by atoms with Crippen molar-refractivity contribution in [2.45, 2.75) is 32.1 Å². The molecule has 0 spiro atoms. The van der Waals surface area contributed by atoms with Crippen molar-refractivity contribution in [3.05, 3.63) is 30.3 Å². The van der Waals surface area contributed by atoms with Gasteiger partial charge in [0.15, 0.2) is 5.78 Å². The summed E-state index contributed by atoms with van der Waals surface area (Å²) in [6, 6.07) is 9.59. The third-order valence-corrected chi connectivity index (χ3v) is 4.52. The van der Waals surface area contributed by atoms with E-state index in [1.165, 1.54) is 25.7 Å². The summed E-state index contributed by atoms with van der Waals surface area (Å²) >= 11 is 0. The number of Topliss-reactive ketones (excluding diaryl/α,β-unsaturated/α-hetero) is 1. The predicted molar refractivity (Wildman–Crippen MR) is 70.5 cm³/mol. The summed E-state index contributed by atoms with van der Waals surface area (Å²) in [5.74, 6) is 3.45. The molecule has 2 heteroatoms. The van der Waals surface area contributed by atoms with Crippen molar-refractivity contribution in [3.63, 3.8) is 0 Å². The molecule has 0 aromatic heterocycles. The number of fused-ring (bicyclic) bond motifs is 2. The summed E-state index contributed by atoms with van der Waals surface area (Å²) in [5.41, 5.74) is 0. The quantitative estimate of drug-likeness (QED) is 0.793. The minimum absolute atomic E-state index is 0.234. The minimum atomic E-state index is 0.234. The first kappa shape index (κ1) is 11.8. The summed E-state index contributed by atoms with van der Waals surface area (Å²) in [6.45, 7) is 0.234. The molecule has 0 aliphatic heterocycles. The number of ketones is 1. The largest absolute Gasteiger partial charge is 0.486 e. The molecule has 96 valence electrons. The maximum absolute atomic E-state index is 11.9. The van der Waals surface area contributed by atoms with Crippen LogP contribution in [0.3, 0.4) is 0 Å². The Labute approximate surface area is 108 Å². The van der Waals surface area contributed by atoms with Crippen LogP contribution in [0, 0.1) is 17.8 Å². The fourth-order valence-corrected chi connectivity index (χ4v) is 3.66. The lowest BCUT2D eigenvalue weighted by Gasteiger charge is -2.20. The molecule has 2 fully saturated rings. The summed E-state index contributed by atoms with van der Waals surface area (Å²) in [5, 5.41) is 0. The molecular formula is C16H20O2. The summed E-state index contributed by atoms with van der Waals surface area (Å²) in [6.07, 6.45) is 6.13. The van der Waals surface area contributed by atoms with Crippen molar-refractivity contribution in [1.29, 1.82) is 0 Å². The number of hydrogen-bond donors (Lipinski definition) is 0. The van der Waals surface area contributed by atoms with Gasteiger partial charge in [0.05, 0.1) is 0 Å². The standard InChI is InChI=1S/C16H20O2/c17-15(11-18-16-4-2-1-3-5-16)10-14-9-12-6-7-13(14)8-12/h1-5,12-14H,6-11H2. The van der Waals surface area contributed by atoms with Crippen molar-refractivity contribution >= 4 is 5.78 Å². The Morgan fingerprint density at radius 2 is 2.00 bits per heavy atom. The highest BCUT2D eigenvalue weighted by molar-refractivity contribution is 5.80. The molecular weight excluding hydrogens is 224 g/mol. The number of ether oxygens (including phenoxy) is 1. The van der Waals surface area contributed by atoms with Crippen LogP contribution in [-0.4, -0.2) is 12.4 Å². The Hall–Kier alpha value is -1.31. The number of benzene rings is 1. The molecule has 0 heterocycles. The maximum atomic E-state index is 11.9. The Balaban J connectivity index is 1.45. The molecule has 0 saturated heterocycles. The fraction of sp³-hybridized carbons (Fsp3) is 0.562. The molecule has 18 heavy (non-hydrogen) atoms. The summed E-state index contributed by atoms with van der Waals surface area (Å²) < 4.78 is 5.51. The molecule has 2 nitrogen and oxygen atoms in total. The molecule has 2 aliphatic rings. The fourth-order valence-electron chi connectivity index (χ4n) is 3.66. The van der Waals surface area contributed by atoms with E-state index >= 15 is 0 Å². The van der Waals surface area contributed by atoms with Gasteiger partial charge in [0.25, 0.3) is 0 Å². The third kappa shape index (κ3) is 2.58. The second kappa shape index (κ2) is 5.13. The monoisotopic (exact) mass is 244 g/mol. The molecule has 1 aromatic rings. The first-order valence-corrected chi connectivity index (χ1v) is 7.01. The lowest BCUT2D eigenvalue weighted by atomic mass is 9.85. The van der Waals surface area contributed by atoms with Gasteiger partial charge in [-0.3, -0.25) is 4.79 Å². The first-order valence-electron chi connectivity index (χ1n) is 7.01. The molecule has 2 bridgehead atoms. The number of rotatable bonds is 5. The van der Waals surface area contributed by atoms with Crippen molar-refractivity contribution in [3.8, 4) is 5.75 Å². The van der Waals surface area contributed by atoms with Gasteiger partial charge in [0.1, 0.15) is 12.4 Å². The minimum Gasteiger partial charge on any atom is -0.486 e. The van der Waals surface area contributed by atoms with E-state index in [1.54, 1.807) is 0 Å². The van der Waals surface area contributed by atoms with Crippen LogP contribution in [0.25, 0.3) is 0 Å². The number of carbonyl (C=O) groups excluding carboxylic acids is 1. The normalized spacial score (nSPS) is 29.4. The topological polar surface area (TPSA) is 26.3 Å². The average Bonchev–Trinajstić information content (AvgIpc) is 3.00. The van der Waals surface area contributed by atoms with Gasteiger partial charge in [-0.15, -0.1) is 0 Å². The predicted octanol–water partition coefficient (Wildman–Crippen LogP) is 3.46. The molecule has 3 unspecified atom stereocenters. The van der Waals surface area contributed by atoms with Crippen LogP contribution in [0.5, 0.6) is 5.75 Å². The van der Waals surface area contributed by atoms with Crippen molar-refractivity contribution in [2.75, 3.05) is 6.61 Å². The zero-order valence-electron chi connectivity index (χ0n) is 10.7. The Bertz CT molecular complexity index is 412. The van der Waals surface area contributed by atoms with Crippen LogP contribution < -0.4 is 4.74 Å². The van der Waals surface area contributed by atoms with Crippen LogP contribution in [-0.2, 0) is 4.79 Å². The third-order valence-electron chi connectivity index (χ3n) is 4.52. The summed E-state index contributed by atoms with van der Waals surface area (Å²) in [7, 11) is 0. The Morgan fingerprint density at radius 1 is 1.17 bits per heavy atom. The first-order chi connectivity index (χ1) is 8.81. The molecule has 2 saturated carbocycles. The zero-order valence-corrected chi connectivity index (χ0v) is 10.7. The maximum Gasteiger partial charge on any atom is 0.170 e. The lowest BCUT2D eigenvalue weighted by Crippen LogP contribution is -2.19. The zero-order chi connectivity index (χ0) is 12.4. The van der Waals surface area contributed by atoms with Crippen LogP contribution >= 0.6 is 0 Å². The van der Waals surface area contributed by atoms with Gasteiger partial charge >= 0.3 is 0 Å². The molecule has 3 atom stereocenters. The number of hydrogen-bond acceptors (Lipinski definition) is 2. The van der Waals surface area contributed by atoms with Crippen molar-refractivity contribution < 1.29 is 9.53 Å². The Kier molecular flexibility index (Phi) is 3.35. The summed E-state index contributed by atoms with van der Waals surface area (Å²) in [4.78, 5) is 11.9. The van der Waals surface area contributed by atoms with E-state index < -0.39 is 0 Å². The highest BCUT2D eigenvalue weighted by atomic mass is 16.5. The highest BCUT2D eigenvalue weighted by Gasteiger charge is 2.39. The smallest absolute Gasteiger partial charge is 0.170 e. The van der Waals surface area contributed by atoms with E-state index in [-0.39, 0.29) is 12.4 Å². The number of para-hydroxylation sites is 1. The molecule has 0 N–H and O–H groups in total. The number of carbonyl (C=O) groups is 1. The second-order valence-electron chi connectivity index (χ2n) is 5.78. The van der Waals surface area contributed by atoms with E-state index in [0.717, 1.165) is 24.0 Å². The molecule has 0 radical (unpaired) electrons. The van der Waals surface area contributed by atoms with Crippen LogP contribution in [0.1, 0.15) is 32.1 Å². The van der Waals surface area contributed by atoms with Gasteiger partial charge in [-0.05, 0) is 49.1 Å². The van der Waals surface area contributed by atoms with Gasteiger partial charge in [-0.25, -0.2) is 0 Å².